The lowest BCUT2D eigenvalue weighted by molar-refractivity contribution is -0.384. The molecule has 2 amide bonds. The fourth-order valence-electron chi connectivity index (χ4n) is 6.94. The summed E-state index contributed by atoms with van der Waals surface area (Å²) in [5.41, 5.74) is 2.72. The predicted molar refractivity (Wildman–Crippen MR) is 170 cm³/mol. The van der Waals surface area contributed by atoms with Gasteiger partial charge in [-0.2, -0.15) is 0 Å². The van der Waals surface area contributed by atoms with E-state index >= 15 is 0 Å². The van der Waals surface area contributed by atoms with E-state index in [1.54, 1.807) is 42.5 Å². The van der Waals surface area contributed by atoms with Gasteiger partial charge in [-0.3, -0.25) is 29.4 Å². The Balaban J connectivity index is 1.15. The number of ether oxygens (including phenoxy) is 1. The minimum Gasteiger partial charge on any atom is -0.454 e. The number of hydrogen-bond donors (Lipinski definition) is 0. The van der Waals surface area contributed by atoms with Gasteiger partial charge >= 0.3 is 5.97 Å². The Hall–Kier alpha value is -4.93. The molecule has 3 aliphatic rings. The van der Waals surface area contributed by atoms with Crippen LogP contribution in [0, 0.1) is 33.8 Å². The van der Waals surface area contributed by atoms with Gasteiger partial charge in [0.1, 0.15) is 5.02 Å². The molecule has 1 aromatic heterocycles. The number of amides is 2. The fourth-order valence-corrected chi connectivity index (χ4v) is 7.30. The number of aromatic nitrogens is 1. The third kappa shape index (κ3) is 4.85. The standard InChI is InChI=1S/C34H23Cl2N3O7/c1-16-10-19-11-22(16)31-30(19)32(41)38(33(31)42)21-6-2-17(3-7-21)27-14-24(23-13-20(35)5-9-26(23)37-27)34(43)46-15-29(40)18-4-8-25(36)28(12-18)39(44)45/h2-10,12-14,19,22,30-31H,11,15H2,1H3. The zero-order valence-corrected chi connectivity index (χ0v) is 25.6. The lowest BCUT2D eigenvalue weighted by Gasteiger charge is -2.19. The van der Waals surface area contributed by atoms with Gasteiger partial charge in [-0.05, 0) is 73.7 Å². The molecule has 1 aliphatic heterocycles. The van der Waals surface area contributed by atoms with Crippen molar-refractivity contribution < 1.29 is 28.8 Å². The summed E-state index contributed by atoms with van der Waals surface area (Å²) in [7, 11) is 0. The summed E-state index contributed by atoms with van der Waals surface area (Å²) in [4.78, 5) is 69.3. The highest BCUT2D eigenvalue weighted by Gasteiger charge is 2.60. The van der Waals surface area contributed by atoms with E-state index in [1.807, 2.05) is 6.92 Å². The Bertz CT molecular complexity index is 2060. The van der Waals surface area contributed by atoms with Crippen LogP contribution in [0.25, 0.3) is 22.2 Å². The summed E-state index contributed by atoms with van der Waals surface area (Å²) in [6, 6.07) is 16.7. The number of nitro benzene ring substituents is 1. The number of ketones is 1. The first-order valence-corrected chi connectivity index (χ1v) is 15.2. The first kappa shape index (κ1) is 29.8. The lowest BCUT2D eigenvalue weighted by atomic mass is 9.82. The van der Waals surface area contributed by atoms with Gasteiger partial charge in [0.15, 0.2) is 6.61 Å². The molecule has 0 radical (unpaired) electrons. The molecule has 0 spiro atoms. The van der Waals surface area contributed by atoms with Crippen LogP contribution in [0.15, 0.2) is 78.4 Å². The summed E-state index contributed by atoms with van der Waals surface area (Å²) in [5, 5.41) is 11.8. The number of rotatable bonds is 7. The number of nitrogens with zero attached hydrogens (tertiary/aromatic N) is 3. The summed E-state index contributed by atoms with van der Waals surface area (Å²) < 4.78 is 5.34. The van der Waals surface area contributed by atoms with Crippen LogP contribution in [0.3, 0.4) is 0 Å². The highest BCUT2D eigenvalue weighted by Crippen LogP contribution is 2.56. The van der Waals surface area contributed by atoms with Crippen LogP contribution in [0.5, 0.6) is 0 Å². The molecule has 7 rings (SSSR count). The molecule has 2 bridgehead atoms. The minimum atomic E-state index is -0.831. The molecular formula is C34H23Cl2N3O7. The van der Waals surface area contributed by atoms with E-state index in [0.717, 1.165) is 12.5 Å². The number of fused-ring (bicyclic) bond motifs is 6. The van der Waals surface area contributed by atoms with Crippen LogP contribution in [0.4, 0.5) is 11.4 Å². The Kier molecular flexibility index (Phi) is 7.21. The van der Waals surface area contributed by atoms with Crippen LogP contribution in [0.1, 0.15) is 34.1 Å². The van der Waals surface area contributed by atoms with Crippen molar-refractivity contribution >= 4 is 69.0 Å². The van der Waals surface area contributed by atoms with Gasteiger partial charge in [0, 0.05) is 27.6 Å². The minimum absolute atomic E-state index is 0.0371. The van der Waals surface area contributed by atoms with E-state index in [9.17, 15) is 29.3 Å². The van der Waals surface area contributed by atoms with Gasteiger partial charge in [-0.15, -0.1) is 0 Å². The third-order valence-electron chi connectivity index (χ3n) is 9.09. The summed E-state index contributed by atoms with van der Waals surface area (Å²) in [6.45, 7) is 1.35. The number of Topliss-reactive ketones (excluding diaryl/α,β-unsaturated/α-hetero) is 1. The maximum Gasteiger partial charge on any atom is 0.339 e. The van der Waals surface area contributed by atoms with Crippen molar-refractivity contribution in [2.75, 3.05) is 11.5 Å². The number of pyridine rings is 1. The molecule has 46 heavy (non-hydrogen) atoms. The van der Waals surface area contributed by atoms with Crippen molar-refractivity contribution in [2.45, 2.75) is 13.3 Å². The molecule has 230 valence electrons. The van der Waals surface area contributed by atoms with E-state index in [1.165, 1.54) is 28.7 Å². The van der Waals surface area contributed by atoms with Crippen LogP contribution in [-0.2, 0) is 14.3 Å². The van der Waals surface area contributed by atoms with E-state index in [0.29, 0.717) is 32.9 Å². The van der Waals surface area contributed by atoms with Crippen LogP contribution < -0.4 is 4.90 Å². The molecule has 3 aromatic carbocycles. The van der Waals surface area contributed by atoms with Crippen molar-refractivity contribution in [1.82, 2.24) is 4.98 Å². The molecule has 10 nitrogen and oxygen atoms in total. The second-order valence-corrected chi connectivity index (χ2v) is 12.5. The summed E-state index contributed by atoms with van der Waals surface area (Å²) >= 11 is 12.1. The number of halogens is 2. The average Bonchev–Trinajstić information content (AvgIpc) is 3.68. The Morgan fingerprint density at radius 1 is 1.00 bits per heavy atom. The largest absolute Gasteiger partial charge is 0.454 e. The van der Waals surface area contributed by atoms with Crippen molar-refractivity contribution in [3.63, 3.8) is 0 Å². The summed E-state index contributed by atoms with van der Waals surface area (Å²) in [5.74, 6) is -2.24. The zero-order chi connectivity index (χ0) is 32.4. The van der Waals surface area contributed by atoms with Crippen molar-refractivity contribution in [3.8, 4) is 11.3 Å². The molecular weight excluding hydrogens is 633 g/mol. The average molecular weight is 656 g/mol. The quantitative estimate of drug-likeness (QED) is 0.0526. The molecule has 0 N–H and O–H groups in total. The van der Waals surface area contributed by atoms with Crippen molar-refractivity contribution in [1.29, 1.82) is 0 Å². The van der Waals surface area contributed by atoms with Gasteiger partial charge in [0.25, 0.3) is 5.69 Å². The lowest BCUT2D eigenvalue weighted by Crippen LogP contribution is -2.32. The maximum atomic E-state index is 13.4. The van der Waals surface area contributed by atoms with Gasteiger partial charge < -0.3 is 4.74 Å². The number of carbonyl (C=O) groups is 4. The molecule has 2 aliphatic carbocycles. The monoisotopic (exact) mass is 655 g/mol. The van der Waals surface area contributed by atoms with Crippen LogP contribution >= 0.6 is 23.2 Å². The number of carbonyl (C=O) groups excluding carboxylic acids is 4. The molecule has 4 unspecified atom stereocenters. The summed E-state index contributed by atoms with van der Waals surface area (Å²) in [6.07, 6.45) is 2.98. The molecule has 12 heteroatoms. The van der Waals surface area contributed by atoms with E-state index in [-0.39, 0.29) is 51.6 Å². The highest BCUT2D eigenvalue weighted by atomic mass is 35.5. The Morgan fingerprint density at radius 3 is 2.48 bits per heavy atom. The second-order valence-electron chi connectivity index (χ2n) is 11.7. The number of allylic oxidation sites excluding steroid dienone is 2. The molecule has 1 saturated carbocycles. The zero-order valence-electron chi connectivity index (χ0n) is 24.1. The molecule has 4 aromatic rings. The first-order valence-electron chi connectivity index (χ1n) is 14.4. The molecule has 1 saturated heterocycles. The Labute approximate surface area is 271 Å². The van der Waals surface area contributed by atoms with Crippen LogP contribution in [-0.4, -0.2) is 40.1 Å². The Morgan fingerprint density at radius 2 is 1.74 bits per heavy atom. The molecule has 2 fully saturated rings. The van der Waals surface area contributed by atoms with Crippen molar-refractivity contribution in [3.05, 3.63) is 110 Å². The van der Waals surface area contributed by atoms with E-state index < -0.39 is 29.0 Å². The topological polar surface area (TPSA) is 137 Å². The van der Waals surface area contributed by atoms with Crippen molar-refractivity contribution in [2.24, 2.45) is 23.7 Å². The van der Waals surface area contributed by atoms with Gasteiger partial charge in [0.2, 0.25) is 17.6 Å². The normalized spacial score (nSPS) is 21.5. The van der Waals surface area contributed by atoms with E-state index in [2.05, 4.69) is 11.1 Å². The molecule has 4 atom stereocenters. The first-order chi connectivity index (χ1) is 22.0. The van der Waals surface area contributed by atoms with Gasteiger partial charge in [0.05, 0.1) is 39.2 Å². The third-order valence-corrected chi connectivity index (χ3v) is 9.65. The fraction of sp³-hybridized carbons (Fsp3) is 0.206. The van der Waals surface area contributed by atoms with Gasteiger partial charge in [-0.1, -0.05) is 47.0 Å². The number of hydrogen-bond acceptors (Lipinski definition) is 8. The number of nitro groups is 1. The van der Waals surface area contributed by atoms with Gasteiger partial charge in [-0.25, -0.2) is 9.78 Å². The number of esters is 1. The SMILES string of the molecule is CC1=CC2CC1C1C(=O)N(c3ccc(-c4cc(C(=O)OCC(=O)c5ccc(Cl)c([N+](=O)[O-])c5)c5cc(Cl)ccc5n4)cc3)C(=O)C21. The second kappa shape index (κ2) is 11.1. The number of anilines is 1. The number of imide groups is 1. The smallest absolute Gasteiger partial charge is 0.339 e. The maximum absolute atomic E-state index is 13.4. The highest BCUT2D eigenvalue weighted by molar-refractivity contribution is 6.33. The molecule has 2 heterocycles. The number of benzene rings is 3. The predicted octanol–water partition coefficient (Wildman–Crippen LogP) is 6.86. The van der Waals surface area contributed by atoms with E-state index in [4.69, 9.17) is 27.9 Å². The van der Waals surface area contributed by atoms with Crippen LogP contribution in [0.2, 0.25) is 10.0 Å².